The summed E-state index contributed by atoms with van der Waals surface area (Å²) in [5.74, 6) is -0.468. The van der Waals surface area contributed by atoms with Crippen molar-refractivity contribution in [2.45, 2.75) is 34.6 Å². The second-order valence-electron chi connectivity index (χ2n) is 6.28. The average Bonchev–Trinajstić information content (AvgIpc) is 3.33. The van der Waals surface area contributed by atoms with Gasteiger partial charge in [0.2, 0.25) is 12.3 Å². The van der Waals surface area contributed by atoms with Gasteiger partial charge >= 0.3 is 5.82 Å². The highest BCUT2D eigenvalue weighted by Crippen LogP contribution is 2.37. The average molecular weight is 424 g/mol. The number of rotatable bonds is 5. The quantitative estimate of drug-likeness (QED) is 0.217. The van der Waals surface area contributed by atoms with Gasteiger partial charge in [0.1, 0.15) is 28.9 Å². The molecule has 4 rings (SSSR count). The number of imidazole rings is 2. The molecule has 3 aromatic rings. The molecule has 15 heteroatoms. The third-order valence-corrected chi connectivity index (χ3v) is 5.57. The molecule has 0 spiro atoms. The number of aromatic nitrogens is 6. The SMILES string of the molecule is Cn1cnc([N+](=O)[O-])c1Sc1nc(N)nc2c1ncn2[C@@H]1O[C@@H](CO)[C@@H](O)[C@H]1O. The van der Waals surface area contributed by atoms with Gasteiger partial charge in [-0.05, 0) is 21.7 Å². The number of aliphatic hydroxyl groups excluding tert-OH is 3. The van der Waals surface area contributed by atoms with Crippen LogP contribution in [0.25, 0.3) is 11.2 Å². The molecule has 0 aliphatic carbocycles. The van der Waals surface area contributed by atoms with Crippen molar-refractivity contribution < 1.29 is 25.0 Å². The summed E-state index contributed by atoms with van der Waals surface area (Å²) in [7, 11) is 1.60. The number of fused-ring (bicyclic) bond motifs is 1. The second-order valence-corrected chi connectivity index (χ2v) is 7.26. The number of nitrogens with two attached hydrogens (primary N) is 1. The minimum atomic E-state index is -1.34. The molecule has 0 unspecified atom stereocenters. The highest BCUT2D eigenvalue weighted by atomic mass is 32.2. The zero-order chi connectivity index (χ0) is 20.9. The standard InChI is InChI=1S/C14H16N8O6S/c1-20-3-17-10(22(26)27)13(20)29-11-6-9(18-14(15)19-11)21(4-16-6)12-8(25)7(24)5(2-23)28-12/h3-5,7-8,12,23-25H,2H2,1H3,(H2,15,18,19)/t5-,7+,8+,12+/m0/s1. The Morgan fingerprint density at radius 1 is 1.31 bits per heavy atom. The molecule has 1 saturated heterocycles. The molecular formula is C14H16N8O6S. The van der Waals surface area contributed by atoms with Gasteiger partial charge in [0, 0.05) is 7.05 Å². The summed E-state index contributed by atoms with van der Waals surface area (Å²) < 4.78 is 8.33. The van der Waals surface area contributed by atoms with Crippen LogP contribution in [-0.4, -0.2) is 74.2 Å². The predicted molar refractivity (Wildman–Crippen MR) is 96.7 cm³/mol. The Balaban J connectivity index is 1.77. The summed E-state index contributed by atoms with van der Waals surface area (Å²) in [6.45, 7) is -0.482. The van der Waals surface area contributed by atoms with E-state index in [1.54, 1.807) is 7.05 Å². The Morgan fingerprint density at radius 3 is 2.72 bits per heavy atom. The largest absolute Gasteiger partial charge is 0.396 e. The number of aliphatic hydroxyl groups is 3. The number of hydrogen-bond acceptors (Lipinski definition) is 12. The molecule has 0 aromatic carbocycles. The molecule has 29 heavy (non-hydrogen) atoms. The normalized spacial score (nSPS) is 24.4. The molecule has 154 valence electrons. The fraction of sp³-hybridized carbons (Fsp3) is 0.429. The molecule has 0 saturated carbocycles. The van der Waals surface area contributed by atoms with Crippen molar-refractivity contribution in [1.29, 1.82) is 0 Å². The van der Waals surface area contributed by atoms with E-state index in [0.717, 1.165) is 11.8 Å². The molecule has 1 fully saturated rings. The van der Waals surface area contributed by atoms with Crippen molar-refractivity contribution in [3.63, 3.8) is 0 Å². The molecule has 0 bridgehead atoms. The number of nitrogens with zero attached hydrogens (tertiary/aromatic N) is 7. The van der Waals surface area contributed by atoms with E-state index >= 15 is 0 Å². The van der Waals surface area contributed by atoms with Gasteiger partial charge in [-0.1, -0.05) is 0 Å². The number of nitro groups is 1. The van der Waals surface area contributed by atoms with E-state index in [-0.39, 0.29) is 33.0 Å². The third-order valence-electron chi connectivity index (χ3n) is 4.43. The van der Waals surface area contributed by atoms with Crippen molar-refractivity contribution in [2.24, 2.45) is 7.05 Å². The van der Waals surface area contributed by atoms with Gasteiger partial charge in [-0.2, -0.15) is 4.98 Å². The van der Waals surface area contributed by atoms with Gasteiger partial charge in [-0.25, -0.2) is 9.97 Å². The van der Waals surface area contributed by atoms with Crippen LogP contribution in [0.15, 0.2) is 22.7 Å². The number of hydrogen-bond donors (Lipinski definition) is 4. The van der Waals surface area contributed by atoms with Crippen LogP contribution in [0, 0.1) is 10.1 Å². The Morgan fingerprint density at radius 2 is 2.07 bits per heavy atom. The Hall–Kier alpha value is -2.85. The summed E-state index contributed by atoms with van der Waals surface area (Å²) in [6, 6.07) is 0. The van der Waals surface area contributed by atoms with E-state index in [9.17, 15) is 25.4 Å². The molecule has 4 heterocycles. The van der Waals surface area contributed by atoms with E-state index in [1.807, 2.05) is 0 Å². The van der Waals surface area contributed by atoms with Crippen molar-refractivity contribution in [3.8, 4) is 0 Å². The minimum Gasteiger partial charge on any atom is -0.394 e. The summed E-state index contributed by atoms with van der Waals surface area (Å²) >= 11 is 0.941. The van der Waals surface area contributed by atoms with Crippen molar-refractivity contribution >= 4 is 34.7 Å². The van der Waals surface area contributed by atoms with Gasteiger partial charge in [0.25, 0.3) is 0 Å². The Labute approximate surface area is 166 Å². The lowest BCUT2D eigenvalue weighted by Crippen LogP contribution is -2.33. The van der Waals surface area contributed by atoms with Crippen LogP contribution >= 0.6 is 11.8 Å². The number of nitrogen functional groups attached to an aromatic ring is 1. The van der Waals surface area contributed by atoms with E-state index < -0.39 is 36.1 Å². The molecule has 5 N–H and O–H groups in total. The minimum absolute atomic E-state index is 0.127. The third kappa shape index (κ3) is 3.18. The van der Waals surface area contributed by atoms with Crippen LogP contribution in [0.3, 0.4) is 0 Å². The first-order valence-corrected chi connectivity index (χ1v) is 9.09. The fourth-order valence-corrected chi connectivity index (χ4v) is 3.99. The zero-order valence-electron chi connectivity index (χ0n) is 14.9. The summed E-state index contributed by atoms with van der Waals surface area (Å²) in [4.78, 5) is 26.8. The molecule has 14 nitrogen and oxygen atoms in total. The smallest absolute Gasteiger partial charge is 0.394 e. The van der Waals surface area contributed by atoms with Crippen LogP contribution in [0.2, 0.25) is 0 Å². The number of anilines is 1. The van der Waals surface area contributed by atoms with E-state index in [0.29, 0.717) is 0 Å². The first kappa shape index (κ1) is 19.5. The lowest BCUT2D eigenvalue weighted by atomic mass is 10.1. The van der Waals surface area contributed by atoms with Crippen LogP contribution in [0.5, 0.6) is 0 Å². The van der Waals surface area contributed by atoms with Gasteiger partial charge in [0.15, 0.2) is 16.9 Å². The summed E-state index contributed by atoms with van der Waals surface area (Å²) in [5.41, 5.74) is 6.26. The first-order valence-electron chi connectivity index (χ1n) is 8.28. The first-order chi connectivity index (χ1) is 13.8. The maximum Gasteiger partial charge on any atom is 0.396 e. The van der Waals surface area contributed by atoms with E-state index in [4.69, 9.17) is 10.5 Å². The fourth-order valence-electron chi connectivity index (χ4n) is 3.02. The molecular weight excluding hydrogens is 408 g/mol. The lowest BCUT2D eigenvalue weighted by Gasteiger charge is -2.16. The van der Waals surface area contributed by atoms with Crippen LogP contribution < -0.4 is 5.73 Å². The van der Waals surface area contributed by atoms with Crippen molar-refractivity contribution in [2.75, 3.05) is 12.3 Å². The Bertz CT molecular complexity index is 1090. The van der Waals surface area contributed by atoms with E-state index in [1.165, 1.54) is 21.8 Å². The van der Waals surface area contributed by atoms with Crippen LogP contribution in [0.1, 0.15) is 6.23 Å². The van der Waals surface area contributed by atoms with Gasteiger partial charge in [-0.15, -0.1) is 0 Å². The lowest BCUT2D eigenvalue weighted by molar-refractivity contribution is -0.392. The predicted octanol–water partition coefficient (Wildman–Crippen LogP) is -1.19. The molecule has 4 atom stereocenters. The van der Waals surface area contributed by atoms with Gasteiger partial charge < -0.3 is 40.5 Å². The highest BCUT2D eigenvalue weighted by Gasteiger charge is 2.44. The maximum atomic E-state index is 11.2. The second kappa shape index (κ2) is 7.20. The topological polar surface area (TPSA) is 200 Å². The van der Waals surface area contributed by atoms with Gasteiger partial charge in [0.05, 0.1) is 12.9 Å². The molecule has 1 aliphatic heterocycles. The monoisotopic (exact) mass is 424 g/mol. The maximum absolute atomic E-state index is 11.2. The van der Waals surface area contributed by atoms with Crippen molar-refractivity contribution in [3.05, 3.63) is 22.8 Å². The van der Waals surface area contributed by atoms with E-state index in [2.05, 4.69) is 19.9 Å². The zero-order valence-corrected chi connectivity index (χ0v) is 15.7. The van der Waals surface area contributed by atoms with Crippen molar-refractivity contribution in [1.82, 2.24) is 29.1 Å². The summed E-state index contributed by atoms with van der Waals surface area (Å²) in [6.07, 6.45) is -2.05. The highest BCUT2D eigenvalue weighted by molar-refractivity contribution is 7.99. The molecule has 3 aromatic heterocycles. The molecule has 1 aliphatic rings. The number of aryl methyl sites for hydroxylation is 1. The molecule has 0 amide bonds. The number of ether oxygens (including phenoxy) is 1. The Kier molecular flexibility index (Phi) is 4.83. The molecule has 0 radical (unpaired) electrons. The van der Waals surface area contributed by atoms with Gasteiger partial charge in [-0.3, -0.25) is 4.57 Å². The summed E-state index contributed by atoms with van der Waals surface area (Å²) in [5, 5.41) is 41.2. The van der Waals surface area contributed by atoms with Crippen LogP contribution in [-0.2, 0) is 11.8 Å². The van der Waals surface area contributed by atoms with Crippen LogP contribution in [0.4, 0.5) is 11.8 Å².